The summed E-state index contributed by atoms with van der Waals surface area (Å²) < 4.78 is 13.2. The van der Waals surface area contributed by atoms with Gasteiger partial charge in [0, 0.05) is 5.57 Å². The first-order valence-corrected chi connectivity index (χ1v) is 13.8. The van der Waals surface area contributed by atoms with Crippen LogP contribution in [0, 0.1) is 7.14 Å². The Morgan fingerprint density at radius 2 is 1.21 bits per heavy atom. The summed E-state index contributed by atoms with van der Waals surface area (Å²) in [5, 5.41) is 0. The number of halogens is 2. The number of rotatable bonds is 7. The average molecular weight is 691 g/mol. The van der Waals surface area contributed by atoms with Gasteiger partial charge in [-0.25, -0.2) is 4.79 Å². The maximum Gasteiger partial charge on any atom is 0.338 e. The second-order valence-corrected chi connectivity index (χ2v) is 11.7. The van der Waals surface area contributed by atoms with Crippen molar-refractivity contribution in [1.29, 1.82) is 0 Å². The molecule has 3 nitrogen and oxygen atoms in total. The first-order chi connectivity index (χ1) is 16.4. The van der Waals surface area contributed by atoms with Crippen molar-refractivity contribution < 1.29 is 14.3 Å². The van der Waals surface area contributed by atoms with Crippen LogP contribution >= 0.6 is 45.2 Å². The third-order valence-corrected chi connectivity index (χ3v) is 8.70. The molecule has 34 heavy (non-hydrogen) atoms. The lowest BCUT2D eigenvalue weighted by Crippen LogP contribution is -2.09. The third-order valence-electron chi connectivity index (χ3n) is 4.78. The molecule has 0 spiro atoms. The largest absolute Gasteiger partial charge is 0.456 e. The molecule has 4 rings (SSSR count). The Morgan fingerprint density at radius 1 is 0.735 bits per heavy atom. The Labute approximate surface area is 229 Å². The molecule has 0 atom stereocenters. The molecule has 6 heteroatoms. The van der Waals surface area contributed by atoms with Gasteiger partial charge in [0.1, 0.15) is 17.2 Å². The van der Waals surface area contributed by atoms with Gasteiger partial charge in [-0.1, -0.05) is 43.0 Å². The van der Waals surface area contributed by atoms with Crippen LogP contribution in [0.1, 0.15) is 6.92 Å². The lowest BCUT2D eigenvalue weighted by atomic mass is 10.3. The highest BCUT2D eigenvalue weighted by Crippen LogP contribution is 2.36. The van der Waals surface area contributed by atoms with Crippen molar-refractivity contribution in [2.24, 2.45) is 0 Å². The lowest BCUT2D eigenvalue weighted by molar-refractivity contribution is -0.130. The van der Waals surface area contributed by atoms with Crippen LogP contribution in [0.3, 0.4) is 0 Å². The first kappa shape index (κ1) is 24.8. The fourth-order valence-corrected chi connectivity index (χ4v) is 6.33. The smallest absolute Gasteiger partial charge is 0.338 e. The fourth-order valence-electron chi connectivity index (χ4n) is 3.15. The Bertz CT molecular complexity index is 1270. The summed E-state index contributed by atoms with van der Waals surface area (Å²) in [6.07, 6.45) is 0. The first-order valence-electron chi connectivity index (χ1n) is 10.4. The average Bonchev–Trinajstić information content (AvgIpc) is 2.85. The summed E-state index contributed by atoms with van der Waals surface area (Å²) >= 11 is 4.33. The van der Waals surface area contributed by atoms with Gasteiger partial charge in [0.25, 0.3) is 0 Å². The normalized spacial score (nSPS) is 10.7. The van der Waals surface area contributed by atoms with Gasteiger partial charge in [-0.15, -0.1) is 0 Å². The van der Waals surface area contributed by atoms with Gasteiger partial charge in [0.05, 0.1) is 18.0 Å². The molecule has 0 radical (unpaired) electrons. The van der Waals surface area contributed by atoms with Crippen molar-refractivity contribution in [2.45, 2.75) is 21.6 Å². The molecule has 4 aromatic rings. The van der Waals surface area contributed by atoms with Crippen molar-refractivity contribution in [2.75, 3.05) is 0 Å². The third kappa shape index (κ3) is 6.03. The van der Waals surface area contributed by atoms with Crippen molar-refractivity contribution in [3.05, 3.63) is 116 Å². The second-order valence-electron chi connectivity index (χ2n) is 7.39. The molecule has 0 amide bonds. The monoisotopic (exact) mass is 691 g/mol. The van der Waals surface area contributed by atoms with E-state index in [1.807, 2.05) is 30.3 Å². The minimum atomic E-state index is -0.440. The van der Waals surface area contributed by atoms with E-state index in [9.17, 15) is 4.79 Å². The zero-order chi connectivity index (χ0) is 24.1. The van der Waals surface area contributed by atoms with Crippen LogP contribution in [0.25, 0.3) is 0 Å². The van der Waals surface area contributed by atoms with Gasteiger partial charge < -0.3 is 9.47 Å². The van der Waals surface area contributed by atoms with Crippen molar-refractivity contribution in [3.63, 3.8) is 0 Å². The summed E-state index contributed by atoms with van der Waals surface area (Å²) in [5.74, 6) is 1.51. The molecule has 4 aromatic carbocycles. The van der Waals surface area contributed by atoms with Crippen molar-refractivity contribution in [1.82, 2.24) is 0 Å². The second kappa shape index (κ2) is 11.4. The van der Waals surface area contributed by atoms with E-state index in [1.165, 1.54) is 14.7 Å². The van der Waals surface area contributed by atoms with Gasteiger partial charge in [-0.05, 0) is 113 Å². The Balaban J connectivity index is 1.58. The fraction of sp³-hybridized carbons (Fsp3) is 0.0357. The van der Waals surface area contributed by atoms with Crippen LogP contribution in [0.4, 0.5) is 0 Å². The quantitative estimate of drug-likeness (QED) is 0.0644. The maximum absolute atomic E-state index is 11.9. The van der Waals surface area contributed by atoms with E-state index in [-0.39, 0.29) is 10.9 Å². The molecule has 0 aliphatic carbocycles. The van der Waals surface area contributed by atoms with Crippen LogP contribution in [-0.4, -0.2) is 5.97 Å². The number of hydrogen-bond acceptors (Lipinski definition) is 3. The number of ether oxygens (including phenoxy) is 2. The zero-order valence-corrected chi connectivity index (χ0v) is 23.5. The van der Waals surface area contributed by atoms with Gasteiger partial charge in [-0.3, -0.25) is 0 Å². The van der Waals surface area contributed by atoms with Crippen molar-refractivity contribution in [3.8, 4) is 17.2 Å². The van der Waals surface area contributed by atoms with E-state index >= 15 is 0 Å². The summed E-state index contributed by atoms with van der Waals surface area (Å²) in [7, 11) is -0.204. The predicted octanol–water partition coefficient (Wildman–Crippen LogP) is 8.27. The molecule has 0 heterocycles. The highest BCUT2D eigenvalue weighted by atomic mass is 127. The maximum atomic E-state index is 11.9. The van der Waals surface area contributed by atoms with E-state index in [1.54, 1.807) is 13.0 Å². The topological polar surface area (TPSA) is 35.5 Å². The Morgan fingerprint density at radius 3 is 1.74 bits per heavy atom. The highest BCUT2D eigenvalue weighted by Gasteiger charge is 2.28. The number of carbonyl (C=O) groups excluding carboxylic acids is 1. The molecule has 0 bridgehead atoms. The standard InChI is InChI=1S/C28H21I2O3S/c1-19(2)28(31)33-27-18-24(29)26(17-25(27)30)32-20-13-15-23(16-14-20)34(21-9-5-3-6-10-21)22-11-7-4-8-12-22/h3-18H,1H2,2H3/q+1. The molecule has 0 saturated heterocycles. The minimum Gasteiger partial charge on any atom is -0.456 e. The summed E-state index contributed by atoms with van der Waals surface area (Å²) in [5.41, 5.74) is 0.358. The summed E-state index contributed by atoms with van der Waals surface area (Å²) in [6.45, 7) is 5.26. The van der Waals surface area contributed by atoms with Crippen LogP contribution in [0.15, 0.2) is 124 Å². The number of esters is 1. The van der Waals surface area contributed by atoms with Gasteiger partial charge >= 0.3 is 5.97 Å². The minimum absolute atomic E-state index is 0.204. The molecule has 0 N–H and O–H groups in total. The SMILES string of the molecule is C=C(C)C(=O)Oc1cc(I)c(Oc2ccc([S+](c3ccccc3)c3ccccc3)cc2)cc1I. The summed E-state index contributed by atoms with van der Waals surface area (Å²) in [6, 6.07) is 33.0. The van der Waals surface area contributed by atoms with E-state index in [0.717, 1.165) is 12.9 Å². The molecule has 0 aliphatic heterocycles. The predicted molar refractivity (Wildman–Crippen MR) is 154 cm³/mol. The zero-order valence-electron chi connectivity index (χ0n) is 18.3. The molecular formula is C28H21I2O3S+. The van der Waals surface area contributed by atoms with Gasteiger partial charge in [0.2, 0.25) is 0 Å². The van der Waals surface area contributed by atoms with Gasteiger partial charge in [0.15, 0.2) is 14.7 Å². The summed E-state index contributed by atoms with van der Waals surface area (Å²) in [4.78, 5) is 15.6. The molecule has 0 saturated carbocycles. The Hall–Kier alpha value is -2.30. The van der Waals surface area contributed by atoms with Crippen LogP contribution < -0.4 is 9.47 Å². The number of hydrogen-bond donors (Lipinski definition) is 0. The van der Waals surface area contributed by atoms with Gasteiger partial charge in [-0.2, -0.15) is 0 Å². The van der Waals surface area contributed by atoms with E-state index in [0.29, 0.717) is 17.1 Å². The van der Waals surface area contributed by atoms with Crippen LogP contribution in [0.5, 0.6) is 17.2 Å². The molecule has 0 aromatic heterocycles. The molecule has 0 aliphatic rings. The number of carbonyl (C=O) groups is 1. The molecule has 0 fully saturated rings. The Kier molecular flexibility index (Phi) is 8.33. The van der Waals surface area contributed by atoms with Crippen molar-refractivity contribution >= 4 is 62.0 Å². The van der Waals surface area contributed by atoms with Crippen LogP contribution in [-0.2, 0) is 15.7 Å². The lowest BCUT2D eigenvalue weighted by Gasteiger charge is -2.12. The molecular weight excluding hydrogens is 670 g/mol. The molecule has 170 valence electrons. The van der Waals surface area contributed by atoms with Crippen LogP contribution in [0.2, 0.25) is 0 Å². The highest BCUT2D eigenvalue weighted by molar-refractivity contribution is 14.1. The van der Waals surface area contributed by atoms with E-state index < -0.39 is 5.97 Å². The molecule has 0 unspecified atom stereocenters. The van der Waals surface area contributed by atoms with E-state index in [2.05, 4.69) is 112 Å². The number of benzene rings is 4. The van der Waals surface area contributed by atoms with E-state index in [4.69, 9.17) is 9.47 Å².